The predicted octanol–water partition coefficient (Wildman–Crippen LogP) is 2.19. The van der Waals surface area contributed by atoms with Crippen molar-refractivity contribution >= 4 is 27.2 Å². The first-order chi connectivity index (χ1) is 12.6. The van der Waals surface area contributed by atoms with Gasteiger partial charge in [0.05, 0.1) is 33.2 Å². The lowest BCUT2D eigenvalue weighted by Crippen LogP contribution is -2.27. The van der Waals surface area contributed by atoms with Crippen LogP contribution in [0.5, 0.6) is 5.75 Å². The van der Waals surface area contributed by atoms with Gasteiger partial charge < -0.3 is 20.5 Å². The van der Waals surface area contributed by atoms with Crippen LogP contribution in [-0.2, 0) is 14.6 Å². The SMILES string of the molecule is CCC(C(=O)Nc1cc(S(=O)(=O)CC)ccc1O)n1nc([N+](=O)[O-])cc1C. The van der Waals surface area contributed by atoms with Crippen LogP contribution in [0.15, 0.2) is 29.2 Å². The normalized spacial score (nSPS) is 12.6. The Balaban J connectivity index is 2.35. The van der Waals surface area contributed by atoms with Crippen molar-refractivity contribution in [2.24, 2.45) is 0 Å². The van der Waals surface area contributed by atoms with Crippen molar-refractivity contribution in [3.63, 3.8) is 0 Å². The van der Waals surface area contributed by atoms with Crippen LogP contribution >= 0.6 is 0 Å². The Morgan fingerprint density at radius 3 is 2.56 bits per heavy atom. The second-order valence-electron chi connectivity index (χ2n) is 5.84. The van der Waals surface area contributed by atoms with Crippen molar-refractivity contribution in [1.82, 2.24) is 9.78 Å². The molecular weight excluding hydrogens is 376 g/mol. The maximum atomic E-state index is 12.7. The van der Waals surface area contributed by atoms with Gasteiger partial charge in [-0.15, -0.1) is 0 Å². The molecule has 10 nitrogen and oxygen atoms in total. The van der Waals surface area contributed by atoms with E-state index in [9.17, 15) is 28.4 Å². The number of aromatic nitrogens is 2. The van der Waals surface area contributed by atoms with E-state index in [-0.39, 0.29) is 34.3 Å². The van der Waals surface area contributed by atoms with Gasteiger partial charge in [0.2, 0.25) is 0 Å². The Kier molecular flexibility index (Phi) is 5.84. The molecule has 1 atom stereocenters. The molecule has 0 saturated carbocycles. The van der Waals surface area contributed by atoms with E-state index < -0.39 is 26.7 Å². The first-order valence-corrected chi connectivity index (χ1v) is 9.83. The number of carbonyl (C=O) groups excluding carboxylic acids is 1. The van der Waals surface area contributed by atoms with Crippen molar-refractivity contribution in [2.75, 3.05) is 11.1 Å². The lowest BCUT2D eigenvalue weighted by Gasteiger charge is -2.15. The molecule has 1 unspecified atom stereocenters. The molecule has 2 aromatic rings. The predicted molar refractivity (Wildman–Crippen MR) is 97.4 cm³/mol. The highest BCUT2D eigenvalue weighted by Gasteiger charge is 2.28. The van der Waals surface area contributed by atoms with Crippen molar-refractivity contribution in [1.29, 1.82) is 0 Å². The van der Waals surface area contributed by atoms with E-state index in [0.29, 0.717) is 5.69 Å². The number of hydrogen-bond donors (Lipinski definition) is 2. The Bertz CT molecular complexity index is 983. The van der Waals surface area contributed by atoms with Crippen LogP contribution in [-0.4, -0.2) is 39.9 Å². The first-order valence-electron chi connectivity index (χ1n) is 8.17. The van der Waals surface area contributed by atoms with Crippen LogP contribution in [0, 0.1) is 17.0 Å². The zero-order chi connectivity index (χ0) is 20.4. The molecule has 2 rings (SSSR count). The van der Waals surface area contributed by atoms with Crippen LogP contribution < -0.4 is 5.32 Å². The maximum Gasteiger partial charge on any atom is 0.390 e. The van der Waals surface area contributed by atoms with Gasteiger partial charge in [0.25, 0.3) is 5.91 Å². The minimum Gasteiger partial charge on any atom is -0.506 e. The van der Waals surface area contributed by atoms with Crippen LogP contribution in [0.3, 0.4) is 0 Å². The fourth-order valence-corrected chi connectivity index (χ4v) is 3.44. The number of anilines is 1. The van der Waals surface area contributed by atoms with Crippen LogP contribution in [0.2, 0.25) is 0 Å². The van der Waals surface area contributed by atoms with E-state index in [0.717, 1.165) is 0 Å². The molecule has 11 heteroatoms. The molecule has 0 bridgehead atoms. The Morgan fingerprint density at radius 1 is 1.37 bits per heavy atom. The fourth-order valence-electron chi connectivity index (χ4n) is 2.54. The fraction of sp³-hybridized carbons (Fsp3) is 0.375. The van der Waals surface area contributed by atoms with Crippen molar-refractivity contribution in [3.05, 3.63) is 40.1 Å². The quantitative estimate of drug-likeness (QED) is 0.414. The summed E-state index contributed by atoms with van der Waals surface area (Å²) in [5.74, 6) is -1.38. The lowest BCUT2D eigenvalue weighted by molar-refractivity contribution is -0.389. The van der Waals surface area contributed by atoms with E-state index in [1.54, 1.807) is 13.8 Å². The standard InChI is InChI=1S/C16H20N4O6S/c1-4-13(19-10(3)8-15(18-19)20(23)24)16(22)17-12-9-11(6-7-14(12)21)27(25,26)5-2/h6-9,13,21H,4-5H2,1-3H3,(H,17,22). The highest BCUT2D eigenvalue weighted by molar-refractivity contribution is 7.91. The molecule has 0 aliphatic rings. The molecule has 0 aliphatic heterocycles. The summed E-state index contributed by atoms with van der Waals surface area (Å²) in [6.45, 7) is 4.78. The van der Waals surface area contributed by atoms with Gasteiger partial charge >= 0.3 is 5.82 Å². The molecule has 0 fully saturated rings. The zero-order valence-corrected chi connectivity index (χ0v) is 15.9. The van der Waals surface area contributed by atoms with Gasteiger partial charge in [0, 0.05) is 0 Å². The third kappa shape index (κ3) is 4.25. The van der Waals surface area contributed by atoms with Crippen molar-refractivity contribution in [2.45, 2.75) is 38.1 Å². The average molecular weight is 396 g/mol. The Hall–Kier alpha value is -2.95. The number of nitrogens with zero attached hydrogens (tertiary/aromatic N) is 3. The van der Waals surface area contributed by atoms with Gasteiger partial charge in [0.1, 0.15) is 5.75 Å². The van der Waals surface area contributed by atoms with Crippen LogP contribution in [0.4, 0.5) is 11.5 Å². The van der Waals surface area contributed by atoms with Crippen LogP contribution in [0.25, 0.3) is 0 Å². The number of phenolic OH excluding ortho intramolecular Hbond substituents is 1. The molecule has 1 amide bonds. The summed E-state index contributed by atoms with van der Waals surface area (Å²) in [7, 11) is -3.52. The van der Waals surface area contributed by atoms with E-state index >= 15 is 0 Å². The van der Waals surface area contributed by atoms with Crippen molar-refractivity contribution in [3.8, 4) is 5.75 Å². The molecule has 1 aromatic carbocycles. The molecular formula is C16H20N4O6S. The molecule has 146 valence electrons. The number of rotatable bonds is 7. The first kappa shape index (κ1) is 20.4. The summed E-state index contributed by atoms with van der Waals surface area (Å²) < 4.78 is 25.2. The smallest absolute Gasteiger partial charge is 0.390 e. The molecule has 1 aromatic heterocycles. The number of phenols is 1. The van der Waals surface area contributed by atoms with Gasteiger partial charge in [-0.1, -0.05) is 13.8 Å². The summed E-state index contributed by atoms with van der Waals surface area (Å²) in [6.07, 6.45) is 0.277. The number of hydrogen-bond acceptors (Lipinski definition) is 7. The van der Waals surface area contributed by atoms with Gasteiger partial charge in [0.15, 0.2) is 15.9 Å². The second-order valence-corrected chi connectivity index (χ2v) is 8.12. The average Bonchev–Trinajstić information content (AvgIpc) is 2.99. The number of aromatic hydroxyl groups is 1. The second kappa shape index (κ2) is 7.74. The minimum absolute atomic E-state index is 0.0305. The van der Waals surface area contributed by atoms with Crippen LogP contribution in [0.1, 0.15) is 32.0 Å². The summed E-state index contributed by atoms with van der Waals surface area (Å²) >= 11 is 0. The number of benzene rings is 1. The largest absolute Gasteiger partial charge is 0.506 e. The summed E-state index contributed by atoms with van der Waals surface area (Å²) in [5, 5.41) is 27.2. The highest BCUT2D eigenvalue weighted by Crippen LogP contribution is 2.28. The Morgan fingerprint density at radius 2 is 2.04 bits per heavy atom. The topological polar surface area (TPSA) is 144 Å². The van der Waals surface area contributed by atoms with Gasteiger partial charge in [-0.2, -0.15) is 4.68 Å². The van der Waals surface area contributed by atoms with Gasteiger partial charge in [-0.3, -0.25) is 4.79 Å². The van der Waals surface area contributed by atoms with Gasteiger partial charge in [-0.25, -0.2) is 8.42 Å². The monoisotopic (exact) mass is 396 g/mol. The number of amides is 1. The molecule has 0 saturated heterocycles. The van der Waals surface area contributed by atoms with E-state index in [1.165, 1.54) is 35.9 Å². The summed E-state index contributed by atoms with van der Waals surface area (Å²) in [4.78, 5) is 22.9. The summed E-state index contributed by atoms with van der Waals surface area (Å²) in [5.41, 5.74) is 0.363. The number of aryl methyl sites for hydroxylation is 1. The number of nitrogens with one attached hydrogen (secondary N) is 1. The third-order valence-corrected chi connectivity index (χ3v) is 5.78. The molecule has 2 N–H and O–H groups in total. The summed E-state index contributed by atoms with van der Waals surface area (Å²) in [6, 6.07) is 3.99. The third-order valence-electron chi connectivity index (χ3n) is 4.05. The molecule has 1 heterocycles. The zero-order valence-electron chi connectivity index (χ0n) is 15.0. The van der Waals surface area contributed by atoms with E-state index in [4.69, 9.17) is 0 Å². The maximum absolute atomic E-state index is 12.7. The number of carbonyl (C=O) groups is 1. The molecule has 0 radical (unpaired) electrons. The number of nitro groups is 1. The molecule has 27 heavy (non-hydrogen) atoms. The highest BCUT2D eigenvalue weighted by atomic mass is 32.2. The van der Waals surface area contributed by atoms with Gasteiger partial charge in [-0.05, 0) is 36.5 Å². The Labute approximate surface area is 155 Å². The van der Waals surface area contributed by atoms with Crippen molar-refractivity contribution < 1.29 is 23.2 Å². The lowest BCUT2D eigenvalue weighted by atomic mass is 10.2. The number of sulfone groups is 1. The molecule has 0 aliphatic carbocycles. The van der Waals surface area contributed by atoms with E-state index in [2.05, 4.69) is 10.4 Å². The molecule has 0 spiro atoms. The minimum atomic E-state index is -3.52. The van der Waals surface area contributed by atoms with E-state index in [1.807, 2.05) is 0 Å².